The van der Waals surface area contributed by atoms with Gasteiger partial charge in [-0.15, -0.1) is 11.3 Å². The summed E-state index contributed by atoms with van der Waals surface area (Å²) in [5.74, 6) is -0.0347. The molecule has 0 aliphatic heterocycles. The summed E-state index contributed by atoms with van der Waals surface area (Å²) in [6.45, 7) is 1.72. The molecule has 7 nitrogen and oxygen atoms in total. The molecule has 126 valence electrons. The highest BCUT2D eigenvalue weighted by Gasteiger charge is 2.08. The Morgan fingerprint density at radius 3 is 2.58 bits per heavy atom. The van der Waals surface area contributed by atoms with Crippen LogP contribution in [0, 0.1) is 10.1 Å². The molecular weight excluding hydrogens is 398 g/mol. The maximum Gasteiger partial charge on any atom is 0.277 e. The first-order valence-electron chi connectivity index (χ1n) is 6.98. The molecule has 0 fully saturated rings. The minimum Gasteiger partial charge on any atom is -0.484 e. The number of carbonyl (C=O) groups excluding carboxylic acids is 1. The van der Waals surface area contributed by atoms with Gasteiger partial charge in [-0.1, -0.05) is 6.92 Å². The van der Waals surface area contributed by atoms with Crippen molar-refractivity contribution in [1.29, 1.82) is 0 Å². The molecule has 2 rings (SSSR count). The number of non-ortho nitro benzene ring substituents is 1. The highest BCUT2D eigenvalue weighted by molar-refractivity contribution is 9.11. The molecule has 1 aromatic heterocycles. The zero-order valence-electron chi connectivity index (χ0n) is 12.7. The molecule has 1 amide bonds. The van der Waals surface area contributed by atoms with Crippen LogP contribution in [0.1, 0.15) is 18.2 Å². The van der Waals surface area contributed by atoms with E-state index in [-0.39, 0.29) is 12.3 Å². The van der Waals surface area contributed by atoms with E-state index < -0.39 is 10.8 Å². The van der Waals surface area contributed by atoms with Crippen LogP contribution in [0.15, 0.2) is 45.3 Å². The maximum atomic E-state index is 11.8. The first kappa shape index (κ1) is 18.1. The molecular formula is C15H14BrN3O4S. The zero-order valence-corrected chi connectivity index (χ0v) is 15.1. The van der Waals surface area contributed by atoms with Gasteiger partial charge in [0.2, 0.25) is 0 Å². The normalized spacial score (nSPS) is 11.2. The van der Waals surface area contributed by atoms with Crippen LogP contribution < -0.4 is 10.2 Å². The van der Waals surface area contributed by atoms with E-state index in [0.717, 1.165) is 14.4 Å². The number of ether oxygens (including phenoxy) is 1. The third kappa shape index (κ3) is 5.14. The lowest BCUT2D eigenvalue weighted by Gasteiger charge is -2.06. The fourth-order valence-corrected chi connectivity index (χ4v) is 3.20. The number of nitro groups is 1. The van der Waals surface area contributed by atoms with Crippen molar-refractivity contribution in [3.63, 3.8) is 0 Å². The summed E-state index contributed by atoms with van der Waals surface area (Å²) < 4.78 is 6.26. The van der Waals surface area contributed by atoms with E-state index in [9.17, 15) is 14.9 Å². The minimum atomic E-state index is -0.500. The third-order valence-corrected chi connectivity index (χ3v) is 4.60. The van der Waals surface area contributed by atoms with Gasteiger partial charge in [0, 0.05) is 12.1 Å². The predicted octanol–water partition coefficient (Wildman–Crippen LogP) is 3.73. The van der Waals surface area contributed by atoms with Crippen LogP contribution in [0.3, 0.4) is 0 Å². The van der Waals surface area contributed by atoms with Gasteiger partial charge in [-0.3, -0.25) is 14.9 Å². The summed E-state index contributed by atoms with van der Waals surface area (Å²) in [6.07, 6.45) is 0.677. The molecule has 1 aromatic carbocycles. The summed E-state index contributed by atoms with van der Waals surface area (Å²) in [5, 5.41) is 14.7. The second kappa shape index (κ2) is 8.55. The number of amides is 1. The molecule has 0 atom stereocenters. The van der Waals surface area contributed by atoms with Gasteiger partial charge < -0.3 is 4.74 Å². The Bertz CT molecular complexity index is 758. The number of hydrogen-bond donors (Lipinski definition) is 1. The molecule has 1 heterocycles. The second-order valence-electron chi connectivity index (χ2n) is 4.59. The topological polar surface area (TPSA) is 93.8 Å². The van der Waals surface area contributed by atoms with Gasteiger partial charge in [0.25, 0.3) is 11.6 Å². The van der Waals surface area contributed by atoms with Crippen molar-refractivity contribution in [3.05, 3.63) is 55.2 Å². The number of benzene rings is 1. The molecule has 0 radical (unpaired) electrons. The molecule has 2 aromatic rings. The number of hydrogen-bond acceptors (Lipinski definition) is 6. The lowest BCUT2D eigenvalue weighted by Crippen LogP contribution is -2.25. The van der Waals surface area contributed by atoms with Gasteiger partial charge in [-0.2, -0.15) is 5.10 Å². The highest BCUT2D eigenvalue weighted by Crippen LogP contribution is 2.23. The van der Waals surface area contributed by atoms with Crippen molar-refractivity contribution < 1.29 is 14.5 Å². The third-order valence-electron chi connectivity index (χ3n) is 2.93. The van der Waals surface area contributed by atoms with Gasteiger partial charge >= 0.3 is 0 Å². The number of thiophene rings is 1. The van der Waals surface area contributed by atoms with Crippen LogP contribution in [0.2, 0.25) is 0 Å². The molecule has 0 bridgehead atoms. The van der Waals surface area contributed by atoms with Crippen molar-refractivity contribution in [2.75, 3.05) is 6.61 Å². The Labute approximate surface area is 150 Å². The predicted molar refractivity (Wildman–Crippen MR) is 95.6 cm³/mol. The zero-order chi connectivity index (χ0) is 17.5. The van der Waals surface area contributed by atoms with E-state index >= 15 is 0 Å². The Morgan fingerprint density at radius 1 is 1.33 bits per heavy atom. The van der Waals surface area contributed by atoms with Crippen LogP contribution in [0.5, 0.6) is 5.75 Å². The molecule has 24 heavy (non-hydrogen) atoms. The van der Waals surface area contributed by atoms with E-state index in [2.05, 4.69) is 26.5 Å². The van der Waals surface area contributed by atoms with E-state index in [1.807, 2.05) is 19.1 Å². The largest absolute Gasteiger partial charge is 0.484 e. The van der Waals surface area contributed by atoms with E-state index in [4.69, 9.17) is 4.74 Å². The van der Waals surface area contributed by atoms with Crippen molar-refractivity contribution in [2.24, 2.45) is 5.10 Å². The second-order valence-corrected chi connectivity index (χ2v) is 7.05. The maximum absolute atomic E-state index is 11.8. The van der Waals surface area contributed by atoms with Crippen molar-refractivity contribution >= 4 is 44.6 Å². The Morgan fingerprint density at radius 2 is 2.04 bits per heavy atom. The summed E-state index contributed by atoms with van der Waals surface area (Å²) in [6, 6.07) is 9.36. The molecule has 0 saturated heterocycles. The smallest absolute Gasteiger partial charge is 0.277 e. The van der Waals surface area contributed by atoms with Crippen molar-refractivity contribution in [1.82, 2.24) is 5.43 Å². The van der Waals surface area contributed by atoms with E-state index in [1.165, 1.54) is 35.6 Å². The Balaban J connectivity index is 1.88. The molecule has 0 unspecified atom stereocenters. The fourth-order valence-electron chi connectivity index (χ4n) is 1.75. The van der Waals surface area contributed by atoms with Gasteiger partial charge in [-0.25, -0.2) is 5.43 Å². The molecule has 9 heteroatoms. The molecule has 0 saturated carbocycles. The minimum absolute atomic E-state index is 0.0360. The number of halogens is 1. The average Bonchev–Trinajstić information content (AvgIpc) is 3.00. The number of nitrogens with one attached hydrogen (secondary N) is 1. The number of rotatable bonds is 7. The van der Waals surface area contributed by atoms with Crippen LogP contribution in [0.4, 0.5) is 5.69 Å². The molecule has 1 N–H and O–H groups in total. The standard InChI is InChI=1S/C15H14BrN3O4S/c1-2-12(13-7-8-14(16)24-13)17-18-15(20)9-23-11-5-3-10(4-6-11)19(21)22/h3-8H,2,9H2,1H3,(H,18,20)/b17-12-. The van der Waals surface area contributed by atoms with Crippen LogP contribution >= 0.6 is 27.3 Å². The SMILES string of the molecule is CC/C(=N/NC(=O)COc1ccc([N+](=O)[O-])cc1)c1ccc(Br)s1. The monoisotopic (exact) mass is 411 g/mol. The molecule has 0 aliphatic rings. The molecule has 0 spiro atoms. The van der Waals surface area contributed by atoms with E-state index in [0.29, 0.717) is 12.2 Å². The lowest BCUT2D eigenvalue weighted by atomic mass is 10.2. The number of nitrogens with zero attached hydrogens (tertiary/aromatic N) is 2. The van der Waals surface area contributed by atoms with Crippen LogP contribution in [-0.2, 0) is 4.79 Å². The number of hydrazone groups is 1. The fraction of sp³-hybridized carbons (Fsp3) is 0.200. The quantitative estimate of drug-likeness (QED) is 0.426. The molecule has 0 aliphatic carbocycles. The first-order chi connectivity index (χ1) is 11.5. The van der Waals surface area contributed by atoms with Crippen molar-refractivity contribution in [2.45, 2.75) is 13.3 Å². The van der Waals surface area contributed by atoms with Gasteiger partial charge in [-0.05, 0) is 46.6 Å². The van der Waals surface area contributed by atoms with Crippen LogP contribution in [0.25, 0.3) is 0 Å². The van der Waals surface area contributed by atoms with Gasteiger partial charge in [0.15, 0.2) is 6.61 Å². The first-order valence-corrected chi connectivity index (χ1v) is 8.59. The highest BCUT2D eigenvalue weighted by atomic mass is 79.9. The average molecular weight is 412 g/mol. The summed E-state index contributed by atoms with van der Waals surface area (Å²) in [4.78, 5) is 22.8. The van der Waals surface area contributed by atoms with E-state index in [1.54, 1.807) is 0 Å². The van der Waals surface area contributed by atoms with Crippen molar-refractivity contribution in [3.8, 4) is 5.75 Å². The Hall–Kier alpha value is -2.26. The van der Waals surface area contributed by atoms with Gasteiger partial charge in [0.1, 0.15) is 5.75 Å². The summed E-state index contributed by atoms with van der Waals surface area (Å²) in [5.41, 5.74) is 3.18. The van der Waals surface area contributed by atoms with Crippen LogP contribution in [-0.4, -0.2) is 23.1 Å². The number of carbonyl (C=O) groups is 1. The Kier molecular flexibility index (Phi) is 6.44. The summed E-state index contributed by atoms with van der Waals surface area (Å²) in [7, 11) is 0. The summed E-state index contributed by atoms with van der Waals surface area (Å²) >= 11 is 4.92. The van der Waals surface area contributed by atoms with Gasteiger partial charge in [0.05, 0.1) is 19.3 Å². The lowest BCUT2D eigenvalue weighted by molar-refractivity contribution is -0.384. The number of nitro benzene ring substituents is 1.